The van der Waals surface area contributed by atoms with Gasteiger partial charge >= 0.3 is 11.9 Å². The van der Waals surface area contributed by atoms with Crippen molar-refractivity contribution < 1.29 is 19.4 Å². The molecule has 2 rings (SSSR count). The number of carboxylic acids is 1. The summed E-state index contributed by atoms with van der Waals surface area (Å²) < 4.78 is 5.35. The van der Waals surface area contributed by atoms with Gasteiger partial charge in [-0.05, 0) is 37.0 Å². The molecule has 1 saturated heterocycles. The Hall–Kier alpha value is -1.53. The summed E-state index contributed by atoms with van der Waals surface area (Å²) in [4.78, 5) is 23.9. The third kappa shape index (κ3) is 14.4. The fourth-order valence-electron chi connectivity index (χ4n) is 3.70. The van der Waals surface area contributed by atoms with E-state index in [0.717, 1.165) is 37.7 Å². The molecule has 0 saturated carbocycles. The molecule has 1 aliphatic rings. The summed E-state index contributed by atoms with van der Waals surface area (Å²) in [6, 6.07) is 5.06. The molecule has 0 unspecified atom stereocenters. The van der Waals surface area contributed by atoms with Gasteiger partial charge in [0.15, 0.2) is 0 Å². The maximum atomic E-state index is 12.4. The van der Waals surface area contributed by atoms with Gasteiger partial charge in [0.2, 0.25) is 0 Å². The lowest BCUT2D eigenvalue weighted by Gasteiger charge is -2.10. The van der Waals surface area contributed by atoms with Gasteiger partial charge in [0.05, 0.1) is 17.7 Å². The Labute approximate surface area is 205 Å². The van der Waals surface area contributed by atoms with Gasteiger partial charge in [-0.25, -0.2) is 9.59 Å². The number of nitrogens with one attached hydrogen (secondary N) is 1. The molecular formula is C27H45NO4S. The molecule has 0 bridgehead atoms. The molecular weight excluding hydrogens is 434 g/mol. The Morgan fingerprint density at radius 3 is 2.09 bits per heavy atom. The first-order chi connectivity index (χ1) is 16.1. The van der Waals surface area contributed by atoms with Crippen LogP contribution in [0.5, 0.6) is 0 Å². The number of carbonyl (C=O) groups is 2. The second-order valence-electron chi connectivity index (χ2n) is 8.66. The van der Waals surface area contributed by atoms with Gasteiger partial charge in [-0.15, -0.1) is 11.8 Å². The number of carboxylic acid groups (broad SMARTS) is 1. The van der Waals surface area contributed by atoms with E-state index in [2.05, 4.69) is 19.2 Å². The topological polar surface area (TPSA) is 75.6 Å². The lowest BCUT2D eigenvalue weighted by Crippen LogP contribution is -2.13. The SMILES string of the molecule is C1CSCN1.CCCCCCCCOC(=O)c1cc(CCCCCCCC)ccc1C(=O)O. The Kier molecular flexibility index (Phi) is 17.8. The number of carbonyl (C=O) groups excluding carboxylic acids is 1. The van der Waals surface area contributed by atoms with Crippen molar-refractivity contribution in [2.24, 2.45) is 0 Å². The van der Waals surface area contributed by atoms with Crippen LogP contribution < -0.4 is 5.32 Å². The van der Waals surface area contributed by atoms with Crippen LogP contribution in [0.2, 0.25) is 0 Å². The number of hydrogen-bond donors (Lipinski definition) is 2. The number of benzene rings is 1. The summed E-state index contributed by atoms with van der Waals surface area (Å²) in [6.07, 6.45) is 14.8. The van der Waals surface area contributed by atoms with E-state index in [-0.39, 0.29) is 11.1 Å². The van der Waals surface area contributed by atoms with Crippen molar-refractivity contribution in [1.29, 1.82) is 0 Å². The van der Waals surface area contributed by atoms with Crippen LogP contribution in [0, 0.1) is 0 Å². The summed E-state index contributed by atoms with van der Waals surface area (Å²) in [7, 11) is 0. The van der Waals surface area contributed by atoms with Crippen LogP contribution in [0.3, 0.4) is 0 Å². The molecule has 0 spiro atoms. The average molecular weight is 480 g/mol. The van der Waals surface area contributed by atoms with E-state index < -0.39 is 11.9 Å². The van der Waals surface area contributed by atoms with Crippen molar-refractivity contribution in [1.82, 2.24) is 5.32 Å². The number of esters is 1. The third-order valence-electron chi connectivity index (χ3n) is 5.71. The summed E-state index contributed by atoms with van der Waals surface area (Å²) in [5.41, 5.74) is 1.22. The van der Waals surface area contributed by atoms with E-state index in [1.54, 1.807) is 6.07 Å². The number of rotatable bonds is 16. The summed E-state index contributed by atoms with van der Waals surface area (Å²) in [5, 5.41) is 12.6. The molecule has 33 heavy (non-hydrogen) atoms. The van der Waals surface area contributed by atoms with Crippen molar-refractivity contribution in [2.75, 3.05) is 24.8 Å². The van der Waals surface area contributed by atoms with Crippen LogP contribution in [-0.2, 0) is 11.2 Å². The zero-order valence-electron chi connectivity index (χ0n) is 20.8. The summed E-state index contributed by atoms with van der Waals surface area (Å²) in [5.74, 6) is 0.869. The Morgan fingerprint density at radius 2 is 1.55 bits per heavy atom. The van der Waals surface area contributed by atoms with Gasteiger partial charge in [-0.3, -0.25) is 0 Å². The van der Waals surface area contributed by atoms with Crippen LogP contribution in [0.15, 0.2) is 18.2 Å². The van der Waals surface area contributed by atoms with Gasteiger partial charge in [-0.1, -0.05) is 84.1 Å². The van der Waals surface area contributed by atoms with Crippen molar-refractivity contribution in [3.63, 3.8) is 0 Å². The number of hydrogen-bond acceptors (Lipinski definition) is 5. The van der Waals surface area contributed by atoms with E-state index in [0.29, 0.717) is 6.61 Å². The largest absolute Gasteiger partial charge is 0.478 e. The molecule has 188 valence electrons. The lowest BCUT2D eigenvalue weighted by atomic mass is 9.99. The van der Waals surface area contributed by atoms with Crippen LogP contribution >= 0.6 is 11.8 Å². The number of thioether (sulfide) groups is 1. The predicted molar refractivity (Wildman–Crippen MR) is 139 cm³/mol. The maximum absolute atomic E-state index is 12.4. The number of unbranched alkanes of at least 4 members (excludes halogenated alkanes) is 10. The average Bonchev–Trinajstić information content (AvgIpc) is 3.41. The molecule has 0 radical (unpaired) electrons. The highest BCUT2D eigenvalue weighted by Gasteiger charge is 2.18. The van der Waals surface area contributed by atoms with Crippen LogP contribution in [0.4, 0.5) is 0 Å². The highest BCUT2D eigenvalue weighted by Crippen LogP contribution is 2.17. The van der Waals surface area contributed by atoms with E-state index in [9.17, 15) is 14.7 Å². The van der Waals surface area contributed by atoms with Crippen molar-refractivity contribution >= 4 is 23.7 Å². The first-order valence-electron chi connectivity index (χ1n) is 12.9. The minimum atomic E-state index is -1.09. The Balaban J connectivity index is 0.000000953. The van der Waals surface area contributed by atoms with E-state index in [1.165, 1.54) is 75.6 Å². The van der Waals surface area contributed by atoms with Crippen LogP contribution in [-0.4, -0.2) is 41.8 Å². The molecule has 1 aliphatic heterocycles. The van der Waals surface area contributed by atoms with E-state index in [4.69, 9.17) is 4.74 Å². The zero-order valence-corrected chi connectivity index (χ0v) is 21.6. The maximum Gasteiger partial charge on any atom is 0.339 e. The highest BCUT2D eigenvalue weighted by molar-refractivity contribution is 7.99. The Bertz CT molecular complexity index is 654. The first-order valence-corrected chi connectivity index (χ1v) is 14.1. The van der Waals surface area contributed by atoms with Crippen LogP contribution in [0.25, 0.3) is 0 Å². The molecule has 0 atom stereocenters. The van der Waals surface area contributed by atoms with Gasteiger partial charge in [0.1, 0.15) is 0 Å². The standard InChI is InChI=1S/C24H38O4.C3H7NS/c1-3-5-7-9-11-13-15-20-16-17-21(23(25)26)22(19-20)24(27)28-18-14-12-10-8-6-4-2;1-2-5-3-4-1/h16-17,19H,3-15,18H2,1-2H3,(H,25,26);4H,1-3H2. The molecule has 1 fully saturated rings. The minimum absolute atomic E-state index is 0.0274. The fourth-order valence-corrected chi connectivity index (χ4v) is 4.42. The van der Waals surface area contributed by atoms with Gasteiger partial charge in [0, 0.05) is 18.2 Å². The predicted octanol–water partition coefficient (Wildman–Crippen LogP) is 7.09. The molecule has 6 heteroatoms. The molecule has 0 aliphatic carbocycles. The molecule has 5 nitrogen and oxygen atoms in total. The molecule has 1 aromatic carbocycles. The molecule has 1 heterocycles. The Morgan fingerprint density at radius 1 is 0.909 bits per heavy atom. The zero-order chi connectivity index (χ0) is 24.2. The first kappa shape index (κ1) is 29.5. The van der Waals surface area contributed by atoms with Crippen molar-refractivity contribution in [3.8, 4) is 0 Å². The molecule has 1 aromatic rings. The molecule has 2 N–H and O–H groups in total. The summed E-state index contributed by atoms with van der Waals surface area (Å²) >= 11 is 1.96. The highest BCUT2D eigenvalue weighted by atomic mass is 32.2. The minimum Gasteiger partial charge on any atom is -0.478 e. The molecule has 0 amide bonds. The third-order valence-corrected chi connectivity index (χ3v) is 6.61. The van der Waals surface area contributed by atoms with Crippen molar-refractivity contribution in [3.05, 3.63) is 34.9 Å². The smallest absolute Gasteiger partial charge is 0.339 e. The van der Waals surface area contributed by atoms with Crippen molar-refractivity contribution in [2.45, 2.75) is 97.3 Å². The number of ether oxygens (including phenoxy) is 1. The quantitative estimate of drug-likeness (QED) is 0.195. The normalized spacial score (nSPS) is 12.8. The second kappa shape index (κ2) is 19.9. The summed E-state index contributed by atoms with van der Waals surface area (Å²) in [6.45, 7) is 5.95. The fraction of sp³-hybridized carbons (Fsp3) is 0.704. The van der Waals surface area contributed by atoms with Gasteiger partial charge in [0.25, 0.3) is 0 Å². The molecule has 0 aromatic heterocycles. The van der Waals surface area contributed by atoms with E-state index >= 15 is 0 Å². The van der Waals surface area contributed by atoms with Gasteiger partial charge < -0.3 is 15.2 Å². The second-order valence-corrected chi connectivity index (χ2v) is 9.76. The lowest BCUT2D eigenvalue weighted by molar-refractivity contribution is 0.0487. The number of aryl methyl sites for hydroxylation is 1. The van der Waals surface area contributed by atoms with Gasteiger partial charge in [-0.2, -0.15) is 0 Å². The monoisotopic (exact) mass is 479 g/mol. The van der Waals surface area contributed by atoms with Crippen LogP contribution in [0.1, 0.15) is 117 Å². The number of aromatic carboxylic acids is 1. The van der Waals surface area contributed by atoms with E-state index in [1.807, 2.05) is 17.8 Å².